The van der Waals surface area contributed by atoms with E-state index in [2.05, 4.69) is 20.4 Å². The molecule has 0 spiro atoms. The van der Waals surface area contributed by atoms with Crippen LogP contribution in [0, 0.1) is 0 Å². The molecule has 0 atom stereocenters. The van der Waals surface area contributed by atoms with Crippen LogP contribution in [0.1, 0.15) is 53.7 Å². The maximum atomic E-state index is 13.3. The Hall–Kier alpha value is -4.74. The highest BCUT2D eigenvalue weighted by molar-refractivity contribution is 5.95. The van der Waals surface area contributed by atoms with Gasteiger partial charge in [0.1, 0.15) is 0 Å². The van der Waals surface area contributed by atoms with Crippen molar-refractivity contribution < 1.29 is 22.8 Å². The number of rotatable bonds is 9. The minimum absolute atomic E-state index is 0.0309. The molecular weight excluding hydrogens is 559 g/mol. The van der Waals surface area contributed by atoms with E-state index in [1.165, 1.54) is 4.90 Å². The molecule has 4 heterocycles. The number of amides is 2. The summed E-state index contributed by atoms with van der Waals surface area (Å²) in [5.41, 5.74) is 4.59. The van der Waals surface area contributed by atoms with Crippen molar-refractivity contribution in [2.24, 2.45) is 0 Å². The first-order chi connectivity index (χ1) is 20.7. The summed E-state index contributed by atoms with van der Waals surface area (Å²) in [4.78, 5) is 37.9. The molecule has 43 heavy (non-hydrogen) atoms. The van der Waals surface area contributed by atoms with Gasteiger partial charge in [0.25, 0.3) is 5.91 Å². The number of fused-ring (bicyclic) bond motifs is 1. The summed E-state index contributed by atoms with van der Waals surface area (Å²) in [6.07, 6.45) is 1.86. The number of aromatic nitrogens is 4. The van der Waals surface area contributed by atoms with E-state index >= 15 is 0 Å². The van der Waals surface area contributed by atoms with Crippen LogP contribution in [0.25, 0.3) is 11.2 Å². The first-order valence-electron chi connectivity index (χ1n) is 14.2. The minimum Gasteiger partial charge on any atom is -0.339 e. The second-order valence-electron chi connectivity index (χ2n) is 10.7. The highest BCUT2D eigenvalue weighted by Crippen LogP contribution is 2.31. The van der Waals surface area contributed by atoms with E-state index in [0.717, 1.165) is 35.4 Å². The monoisotopic (exact) mass is 589 g/mol. The topological polar surface area (TPSA) is 95.7 Å². The number of benzene rings is 1. The third kappa shape index (κ3) is 6.85. The standard InChI is InChI=1S/C31H30F3N7O2/c32-31(33,34)15-12-27(42)39-18-13-21(14-19-39)26-5-3-17-41-28(26)37-30(38-41)36-23-8-6-22(7-9-23)29(43)40(25-10-11-25)20-24-4-1-2-16-35-24/h1-9,13,16-17,25H,10-12,14-15,18-20H2,(H,36,38). The highest BCUT2D eigenvalue weighted by atomic mass is 19.4. The van der Waals surface area contributed by atoms with Gasteiger partial charge in [-0.15, -0.1) is 5.10 Å². The Bertz CT molecular complexity index is 1650. The molecule has 1 fully saturated rings. The zero-order chi connectivity index (χ0) is 30.0. The number of carbonyl (C=O) groups is 2. The predicted octanol–water partition coefficient (Wildman–Crippen LogP) is 5.63. The summed E-state index contributed by atoms with van der Waals surface area (Å²) in [6.45, 7) is 1.06. The summed E-state index contributed by atoms with van der Waals surface area (Å²) in [5, 5.41) is 7.73. The summed E-state index contributed by atoms with van der Waals surface area (Å²) in [6, 6.07) is 16.9. The third-order valence-electron chi connectivity index (χ3n) is 7.59. The lowest BCUT2D eigenvalue weighted by Crippen LogP contribution is -2.35. The molecule has 2 amide bonds. The van der Waals surface area contributed by atoms with E-state index in [-0.39, 0.29) is 18.5 Å². The van der Waals surface area contributed by atoms with Crippen LogP contribution in [0.15, 0.2) is 73.1 Å². The van der Waals surface area contributed by atoms with Gasteiger partial charge in [-0.2, -0.15) is 18.2 Å². The van der Waals surface area contributed by atoms with E-state index in [4.69, 9.17) is 0 Å². The Morgan fingerprint density at radius 2 is 1.86 bits per heavy atom. The number of anilines is 2. The Labute approximate surface area is 246 Å². The van der Waals surface area contributed by atoms with Crippen LogP contribution in [0.2, 0.25) is 0 Å². The van der Waals surface area contributed by atoms with E-state index in [0.29, 0.717) is 36.7 Å². The number of hydrogen-bond acceptors (Lipinski definition) is 6. The van der Waals surface area contributed by atoms with Crippen molar-refractivity contribution in [2.45, 2.75) is 50.9 Å². The Kier molecular flexibility index (Phi) is 7.83. The molecule has 0 radical (unpaired) electrons. The first kappa shape index (κ1) is 28.4. The molecular formula is C31H30F3N7O2. The van der Waals surface area contributed by atoms with Gasteiger partial charge in [0.05, 0.1) is 18.7 Å². The lowest BCUT2D eigenvalue weighted by molar-refractivity contribution is -0.148. The van der Waals surface area contributed by atoms with Crippen molar-refractivity contribution in [1.82, 2.24) is 29.4 Å². The van der Waals surface area contributed by atoms with Crippen LogP contribution in [-0.4, -0.2) is 66.5 Å². The van der Waals surface area contributed by atoms with Crippen molar-refractivity contribution in [3.63, 3.8) is 0 Å². The molecule has 0 bridgehead atoms. The maximum absolute atomic E-state index is 13.3. The number of hydrogen-bond donors (Lipinski definition) is 1. The highest BCUT2D eigenvalue weighted by Gasteiger charge is 2.33. The van der Waals surface area contributed by atoms with Crippen LogP contribution in [-0.2, 0) is 11.3 Å². The number of nitrogens with one attached hydrogen (secondary N) is 1. The summed E-state index contributed by atoms with van der Waals surface area (Å²) in [5.74, 6) is -0.154. The maximum Gasteiger partial charge on any atom is 0.389 e. The average molecular weight is 590 g/mol. The smallest absolute Gasteiger partial charge is 0.339 e. The zero-order valence-corrected chi connectivity index (χ0v) is 23.3. The molecule has 0 unspecified atom stereocenters. The van der Waals surface area contributed by atoms with E-state index in [1.54, 1.807) is 29.0 Å². The van der Waals surface area contributed by atoms with Gasteiger partial charge >= 0.3 is 6.18 Å². The molecule has 222 valence electrons. The van der Waals surface area contributed by atoms with Gasteiger partial charge < -0.3 is 15.1 Å². The number of pyridine rings is 2. The zero-order valence-electron chi connectivity index (χ0n) is 23.3. The molecule has 1 aliphatic heterocycles. The largest absolute Gasteiger partial charge is 0.389 e. The second-order valence-corrected chi connectivity index (χ2v) is 10.7. The van der Waals surface area contributed by atoms with Gasteiger partial charge in [-0.05, 0) is 73.4 Å². The van der Waals surface area contributed by atoms with Gasteiger partial charge in [0.15, 0.2) is 5.65 Å². The van der Waals surface area contributed by atoms with Gasteiger partial charge in [-0.25, -0.2) is 4.52 Å². The van der Waals surface area contributed by atoms with Crippen molar-refractivity contribution in [3.05, 3.63) is 89.9 Å². The molecule has 4 aromatic rings. The molecule has 6 rings (SSSR count). The van der Waals surface area contributed by atoms with Gasteiger partial charge in [0.2, 0.25) is 11.9 Å². The fourth-order valence-corrected chi connectivity index (χ4v) is 5.17. The summed E-state index contributed by atoms with van der Waals surface area (Å²) in [7, 11) is 0. The Morgan fingerprint density at radius 1 is 1.05 bits per heavy atom. The van der Waals surface area contributed by atoms with Gasteiger partial charge in [-0.1, -0.05) is 12.1 Å². The summed E-state index contributed by atoms with van der Waals surface area (Å²) < 4.78 is 39.2. The molecule has 2 aliphatic rings. The first-order valence-corrected chi connectivity index (χ1v) is 14.2. The Balaban J connectivity index is 1.12. The number of carbonyl (C=O) groups excluding carboxylic acids is 2. The third-order valence-corrected chi connectivity index (χ3v) is 7.59. The summed E-state index contributed by atoms with van der Waals surface area (Å²) >= 11 is 0. The normalized spacial score (nSPS) is 15.3. The minimum atomic E-state index is -4.35. The van der Waals surface area contributed by atoms with Gasteiger partial charge in [0, 0.05) is 54.8 Å². The van der Waals surface area contributed by atoms with Crippen LogP contribution in [0.4, 0.5) is 24.8 Å². The number of nitrogens with zero attached hydrogens (tertiary/aromatic N) is 6. The molecule has 3 aromatic heterocycles. The van der Waals surface area contributed by atoms with Crippen molar-refractivity contribution in [2.75, 3.05) is 18.4 Å². The fourth-order valence-electron chi connectivity index (χ4n) is 5.17. The number of halogens is 3. The fraction of sp³-hybridized carbons (Fsp3) is 0.323. The second kappa shape index (κ2) is 11.9. The Morgan fingerprint density at radius 3 is 2.53 bits per heavy atom. The van der Waals surface area contributed by atoms with E-state index in [9.17, 15) is 22.8 Å². The lowest BCUT2D eigenvalue weighted by Gasteiger charge is -2.27. The predicted molar refractivity (Wildman–Crippen MR) is 154 cm³/mol. The lowest BCUT2D eigenvalue weighted by atomic mass is 10.00. The molecule has 1 aliphatic carbocycles. The quantitative estimate of drug-likeness (QED) is 0.272. The van der Waals surface area contributed by atoms with Crippen molar-refractivity contribution in [1.29, 1.82) is 0 Å². The SMILES string of the molecule is O=C(CCC(F)(F)F)N1CC=C(c2cccn3nc(Nc4ccc(C(=O)N(Cc5ccccn5)C5CC5)cc4)nc23)CC1. The van der Waals surface area contributed by atoms with Gasteiger partial charge in [-0.3, -0.25) is 14.6 Å². The molecule has 1 saturated carbocycles. The molecule has 12 heteroatoms. The van der Waals surface area contributed by atoms with E-state index in [1.807, 2.05) is 53.4 Å². The molecule has 9 nitrogen and oxygen atoms in total. The molecule has 1 N–H and O–H groups in total. The van der Waals surface area contributed by atoms with E-state index < -0.39 is 24.9 Å². The van der Waals surface area contributed by atoms with Crippen LogP contribution in [0.3, 0.4) is 0 Å². The number of alkyl halides is 3. The van der Waals surface area contributed by atoms with Crippen LogP contribution >= 0.6 is 0 Å². The van der Waals surface area contributed by atoms with Crippen molar-refractivity contribution in [3.8, 4) is 0 Å². The average Bonchev–Trinajstić information content (AvgIpc) is 3.77. The molecule has 0 saturated heterocycles. The van der Waals surface area contributed by atoms with Crippen LogP contribution < -0.4 is 5.32 Å². The molecule has 1 aromatic carbocycles. The van der Waals surface area contributed by atoms with Crippen molar-refractivity contribution >= 4 is 34.7 Å². The van der Waals surface area contributed by atoms with Crippen LogP contribution in [0.5, 0.6) is 0 Å².